The van der Waals surface area contributed by atoms with Gasteiger partial charge in [-0.2, -0.15) is 5.26 Å². The van der Waals surface area contributed by atoms with Crippen LogP contribution in [0, 0.1) is 40.4 Å². The molecule has 0 saturated heterocycles. The lowest BCUT2D eigenvalue weighted by molar-refractivity contribution is -0.0751. The van der Waals surface area contributed by atoms with Gasteiger partial charge in [0.05, 0.1) is 12.0 Å². The first-order chi connectivity index (χ1) is 7.75. The molecule has 0 spiro atoms. The molecule has 0 N–H and O–H groups in total. The van der Waals surface area contributed by atoms with Gasteiger partial charge in [-0.15, -0.1) is 11.6 Å². The smallest absolute Gasteiger partial charge is 0.0662 e. The molecule has 0 amide bonds. The Morgan fingerprint density at radius 2 is 1.62 bits per heavy atom. The zero-order chi connectivity index (χ0) is 11.2. The zero-order valence-corrected chi connectivity index (χ0v) is 10.5. The van der Waals surface area contributed by atoms with E-state index in [2.05, 4.69) is 6.07 Å². The minimum Gasteiger partial charge on any atom is -0.198 e. The van der Waals surface area contributed by atoms with E-state index in [1.54, 1.807) is 0 Å². The summed E-state index contributed by atoms with van der Waals surface area (Å²) in [5.41, 5.74) is 0.373. The second-order valence-electron chi connectivity index (χ2n) is 6.44. The monoisotopic (exact) mass is 237 g/mol. The average Bonchev–Trinajstić information content (AvgIpc) is 2.23. The molecule has 4 saturated carbocycles. The average molecular weight is 238 g/mol. The van der Waals surface area contributed by atoms with Gasteiger partial charge in [0.1, 0.15) is 0 Å². The summed E-state index contributed by atoms with van der Waals surface area (Å²) in [5.74, 6) is 3.71. The van der Waals surface area contributed by atoms with Crippen LogP contribution in [0.15, 0.2) is 0 Å². The molecule has 16 heavy (non-hydrogen) atoms. The number of nitriles is 1. The van der Waals surface area contributed by atoms with E-state index in [-0.39, 0.29) is 5.92 Å². The predicted molar refractivity (Wildman–Crippen MR) is 65.0 cm³/mol. The number of nitrogens with zero attached hydrogens (tertiary/aromatic N) is 1. The number of rotatable bonds is 3. The van der Waals surface area contributed by atoms with Crippen molar-refractivity contribution in [2.75, 3.05) is 5.88 Å². The van der Waals surface area contributed by atoms with Gasteiger partial charge < -0.3 is 0 Å². The maximum atomic E-state index is 9.41. The van der Waals surface area contributed by atoms with Crippen LogP contribution in [-0.2, 0) is 0 Å². The molecule has 0 aromatic carbocycles. The Bertz CT molecular complexity index is 282. The van der Waals surface area contributed by atoms with Gasteiger partial charge in [-0.3, -0.25) is 0 Å². The van der Waals surface area contributed by atoms with Crippen LogP contribution in [-0.4, -0.2) is 5.88 Å². The van der Waals surface area contributed by atoms with Crippen LogP contribution in [0.1, 0.15) is 44.9 Å². The number of hydrogen-bond acceptors (Lipinski definition) is 1. The van der Waals surface area contributed by atoms with E-state index in [1.807, 2.05) is 0 Å². The third-order valence-electron chi connectivity index (χ3n) is 5.38. The summed E-state index contributed by atoms with van der Waals surface area (Å²) in [4.78, 5) is 0. The molecule has 4 aliphatic carbocycles. The van der Waals surface area contributed by atoms with Crippen LogP contribution < -0.4 is 0 Å². The number of halogens is 1. The molecule has 0 aromatic heterocycles. The van der Waals surface area contributed by atoms with Crippen molar-refractivity contribution in [1.82, 2.24) is 0 Å². The first kappa shape index (κ1) is 10.9. The first-order valence-corrected chi connectivity index (χ1v) is 7.25. The van der Waals surface area contributed by atoms with Crippen molar-refractivity contribution in [2.45, 2.75) is 44.9 Å². The lowest BCUT2D eigenvalue weighted by Crippen LogP contribution is -2.49. The fourth-order valence-electron chi connectivity index (χ4n) is 5.22. The summed E-state index contributed by atoms with van der Waals surface area (Å²) in [6.45, 7) is 0. The minimum atomic E-state index is 0.235. The Morgan fingerprint density at radius 1 is 1.12 bits per heavy atom. The summed E-state index contributed by atoms with van der Waals surface area (Å²) in [6, 6.07) is 2.58. The van der Waals surface area contributed by atoms with Crippen molar-refractivity contribution in [3.63, 3.8) is 0 Å². The Balaban J connectivity index is 1.85. The first-order valence-electron chi connectivity index (χ1n) is 6.71. The van der Waals surface area contributed by atoms with Gasteiger partial charge in [-0.25, -0.2) is 0 Å². The van der Waals surface area contributed by atoms with Gasteiger partial charge in [0, 0.05) is 5.88 Å². The maximum Gasteiger partial charge on any atom is 0.0662 e. The molecule has 0 aromatic rings. The van der Waals surface area contributed by atoms with Gasteiger partial charge in [-0.1, -0.05) is 0 Å². The van der Waals surface area contributed by atoms with E-state index < -0.39 is 0 Å². The molecule has 4 fully saturated rings. The molecular weight excluding hydrogens is 218 g/mol. The minimum absolute atomic E-state index is 0.235. The standard InChI is InChI=1S/C14H20ClN/c15-2-1-13(9-16)14-6-10-3-11(7-14)5-12(4-10)8-14/h10-13H,1-8H2. The van der Waals surface area contributed by atoms with Crippen LogP contribution in [0.2, 0.25) is 0 Å². The predicted octanol–water partition coefficient (Wildman–Crippen LogP) is 3.97. The Labute approximate surface area is 103 Å². The van der Waals surface area contributed by atoms with Crippen molar-refractivity contribution in [2.24, 2.45) is 29.1 Å². The Kier molecular flexibility index (Phi) is 2.67. The maximum absolute atomic E-state index is 9.41. The molecule has 88 valence electrons. The van der Waals surface area contributed by atoms with Crippen LogP contribution in [0.3, 0.4) is 0 Å². The van der Waals surface area contributed by atoms with E-state index in [0.29, 0.717) is 11.3 Å². The van der Waals surface area contributed by atoms with Crippen LogP contribution in [0.5, 0.6) is 0 Å². The van der Waals surface area contributed by atoms with Crippen molar-refractivity contribution in [1.29, 1.82) is 5.26 Å². The SMILES string of the molecule is N#CC(CCCl)C12CC3CC(CC(C3)C1)C2. The molecule has 1 unspecified atom stereocenters. The van der Waals surface area contributed by atoms with Gasteiger partial charge in [0.15, 0.2) is 0 Å². The highest BCUT2D eigenvalue weighted by atomic mass is 35.5. The lowest BCUT2D eigenvalue weighted by atomic mass is 9.46. The molecule has 2 heteroatoms. The van der Waals surface area contributed by atoms with Crippen molar-refractivity contribution in [3.05, 3.63) is 0 Å². The fourth-order valence-corrected chi connectivity index (χ4v) is 5.44. The molecule has 0 heterocycles. The molecular formula is C14H20ClN. The summed E-state index contributed by atoms with van der Waals surface area (Å²) in [5, 5.41) is 9.41. The molecule has 4 aliphatic rings. The highest BCUT2D eigenvalue weighted by Gasteiger charge is 2.53. The largest absolute Gasteiger partial charge is 0.198 e. The van der Waals surface area contributed by atoms with Crippen LogP contribution in [0.4, 0.5) is 0 Å². The van der Waals surface area contributed by atoms with E-state index >= 15 is 0 Å². The van der Waals surface area contributed by atoms with Gasteiger partial charge in [0.25, 0.3) is 0 Å². The quantitative estimate of drug-likeness (QED) is 0.682. The highest BCUT2D eigenvalue weighted by Crippen LogP contribution is 2.63. The fraction of sp³-hybridized carbons (Fsp3) is 0.929. The van der Waals surface area contributed by atoms with Crippen molar-refractivity contribution in [3.8, 4) is 6.07 Å². The second kappa shape index (κ2) is 3.91. The van der Waals surface area contributed by atoms with Crippen molar-refractivity contribution < 1.29 is 0 Å². The Morgan fingerprint density at radius 3 is 2.00 bits per heavy atom. The molecule has 0 radical (unpaired) electrons. The van der Waals surface area contributed by atoms with E-state index in [9.17, 15) is 5.26 Å². The summed E-state index contributed by atoms with van der Waals surface area (Å²) in [6.07, 6.45) is 9.26. The zero-order valence-electron chi connectivity index (χ0n) is 9.79. The summed E-state index contributed by atoms with van der Waals surface area (Å²) < 4.78 is 0. The molecule has 1 atom stereocenters. The number of hydrogen-bond donors (Lipinski definition) is 0. The topological polar surface area (TPSA) is 23.8 Å². The molecule has 0 aliphatic heterocycles. The van der Waals surface area contributed by atoms with E-state index in [1.165, 1.54) is 38.5 Å². The van der Waals surface area contributed by atoms with E-state index in [4.69, 9.17) is 11.6 Å². The highest BCUT2D eigenvalue weighted by molar-refractivity contribution is 6.17. The normalized spacial score (nSPS) is 46.6. The van der Waals surface area contributed by atoms with Crippen LogP contribution in [0.25, 0.3) is 0 Å². The lowest BCUT2D eigenvalue weighted by Gasteiger charge is -2.58. The summed E-state index contributed by atoms with van der Waals surface area (Å²) >= 11 is 5.86. The third-order valence-corrected chi connectivity index (χ3v) is 5.60. The van der Waals surface area contributed by atoms with Crippen molar-refractivity contribution >= 4 is 11.6 Å². The Hall–Kier alpha value is -0.220. The third kappa shape index (κ3) is 1.58. The van der Waals surface area contributed by atoms with E-state index in [0.717, 1.165) is 24.2 Å². The number of alkyl halides is 1. The second-order valence-corrected chi connectivity index (χ2v) is 6.82. The molecule has 4 rings (SSSR count). The van der Waals surface area contributed by atoms with Crippen LogP contribution >= 0.6 is 11.6 Å². The molecule has 4 bridgehead atoms. The van der Waals surface area contributed by atoms with Gasteiger partial charge in [0.2, 0.25) is 0 Å². The van der Waals surface area contributed by atoms with Gasteiger partial charge >= 0.3 is 0 Å². The molecule has 1 nitrogen and oxygen atoms in total. The van der Waals surface area contributed by atoms with Gasteiger partial charge in [-0.05, 0) is 68.1 Å². The summed E-state index contributed by atoms with van der Waals surface area (Å²) in [7, 11) is 0.